The number of hydrazone groups is 1. The molecule has 2 aromatic rings. The fourth-order valence-corrected chi connectivity index (χ4v) is 3.11. The molecule has 0 aliphatic carbocycles. The van der Waals surface area contributed by atoms with Gasteiger partial charge in [0.2, 0.25) is 5.91 Å². The lowest BCUT2D eigenvalue weighted by atomic mass is 10.1. The molecule has 0 fully saturated rings. The Morgan fingerprint density at radius 2 is 2.04 bits per heavy atom. The summed E-state index contributed by atoms with van der Waals surface area (Å²) in [5.74, 6) is 1.24. The van der Waals surface area contributed by atoms with E-state index in [2.05, 4.69) is 33.1 Å². The van der Waals surface area contributed by atoms with E-state index in [1.54, 1.807) is 13.3 Å². The number of nitrogens with one attached hydrogen (secondary N) is 1. The number of amides is 1. The molecule has 1 amide bonds. The van der Waals surface area contributed by atoms with E-state index in [0.29, 0.717) is 30.9 Å². The van der Waals surface area contributed by atoms with E-state index in [4.69, 9.17) is 9.47 Å². The fraction of sp³-hybridized carbons (Fsp3) is 0.263. The number of hydrogen-bond donors (Lipinski definition) is 1. The molecule has 6 heteroatoms. The summed E-state index contributed by atoms with van der Waals surface area (Å²) in [6.45, 7) is 2.46. The van der Waals surface area contributed by atoms with Crippen LogP contribution in [0, 0.1) is 3.57 Å². The van der Waals surface area contributed by atoms with Gasteiger partial charge in [0.25, 0.3) is 0 Å². The highest BCUT2D eigenvalue weighted by atomic mass is 127. The van der Waals surface area contributed by atoms with Gasteiger partial charge in [-0.2, -0.15) is 5.10 Å². The number of rotatable bonds is 8. The van der Waals surface area contributed by atoms with Gasteiger partial charge in [0, 0.05) is 6.42 Å². The van der Waals surface area contributed by atoms with E-state index in [1.807, 2.05) is 49.4 Å². The predicted octanol–water partition coefficient (Wildman–Crippen LogP) is 3.78. The van der Waals surface area contributed by atoms with Gasteiger partial charge in [0.15, 0.2) is 11.5 Å². The number of carbonyl (C=O) groups excluding carboxylic acids is 1. The molecular weight excluding hydrogens is 431 g/mol. The van der Waals surface area contributed by atoms with Crippen LogP contribution in [0.5, 0.6) is 11.5 Å². The zero-order valence-corrected chi connectivity index (χ0v) is 16.4. The number of halogens is 1. The molecule has 0 spiro atoms. The number of hydrogen-bond acceptors (Lipinski definition) is 4. The second-order valence-electron chi connectivity index (χ2n) is 5.25. The van der Waals surface area contributed by atoms with Crippen LogP contribution >= 0.6 is 22.6 Å². The maximum atomic E-state index is 11.9. The minimum Gasteiger partial charge on any atom is -0.492 e. The van der Waals surface area contributed by atoms with Crippen molar-refractivity contribution in [3.05, 3.63) is 57.2 Å². The lowest BCUT2D eigenvalue weighted by Crippen LogP contribution is -2.17. The van der Waals surface area contributed by atoms with Crippen LogP contribution in [0.3, 0.4) is 0 Å². The molecule has 0 heterocycles. The maximum absolute atomic E-state index is 11.9. The average Bonchev–Trinajstić information content (AvgIpc) is 2.61. The Hall–Kier alpha value is -2.09. The molecule has 132 valence electrons. The van der Waals surface area contributed by atoms with Crippen molar-refractivity contribution >= 4 is 34.7 Å². The summed E-state index contributed by atoms with van der Waals surface area (Å²) >= 11 is 2.18. The molecule has 0 unspecified atom stereocenters. The molecule has 0 aromatic heterocycles. The molecular formula is C19H21IN2O3. The average molecular weight is 452 g/mol. The SMILES string of the molecule is CCOc1cc(/C=N\NC(=O)CCc2ccccc2)cc(I)c1OC. The van der Waals surface area contributed by atoms with Crippen LogP contribution in [0.25, 0.3) is 0 Å². The van der Waals surface area contributed by atoms with Gasteiger partial charge in [-0.15, -0.1) is 0 Å². The summed E-state index contributed by atoms with van der Waals surface area (Å²) in [5.41, 5.74) is 4.52. The first-order valence-corrected chi connectivity index (χ1v) is 9.08. The van der Waals surface area contributed by atoms with Crippen molar-refractivity contribution in [3.63, 3.8) is 0 Å². The molecule has 0 atom stereocenters. The highest BCUT2D eigenvalue weighted by Crippen LogP contribution is 2.33. The molecule has 2 aromatic carbocycles. The summed E-state index contributed by atoms with van der Waals surface area (Å²) < 4.78 is 11.9. The second-order valence-corrected chi connectivity index (χ2v) is 6.41. The van der Waals surface area contributed by atoms with Crippen LogP contribution in [0.4, 0.5) is 0 Å². The van der Waals surface area contributed by atoms with E-state index in [-0.39, 0.29) is 5.91 Å². The van der Waals surface area contributed by atoms with Crippen molar-refractivity contribution in [2.45, 2.75) is 19.8 Å². The van der Waals surface area contributed by atoms with Gasteiger partial charge in [-0.1, -0.05) is 30.3 Å². The van der Waals surface area contributed by atoms with Gasteiger partial charge >= 0.3 is 0 Å². The molecule has 0 aliphatic rings. The molecule has 0 saturated carbocycles. The molecule has 0 bridgehead atoms. The fourth-order valence-electron chi connectivity index (χ4n) is 2.26. The first-order chi connectivity index (χ1) is 12.1. The van der Waals surface area contributed by atoms with E-state index < -0.39 is 0 Å². The van der Waals surface area contributed by atoms with Crippen molar-refractivity contribution < 1.29 is 14.3 Å². The zero-order valence-electron chi connectivity index (χ0n) is 14.3. The van der Waals surface area contributed by atoms with E-state index in [9.17, 15) is 4.79 Å². The van der Waals surface area contributed by atoms with Gasteiger partial charge in [0.1, 0.15) is 0 Å². The lowest BCUT2D eigenvalue weighted by Gasteiger charge is -2.11. The van der Waals surface area contributed by atoms with Crippen LogP contribution in [0.1, 0.15) is 24.5 Å². The molecule has 0 saturated heterocycles. The largest absolute Gasteiger partial charge is 0.492 e. The van der Waals surface area contributed by atoms with Crippen molar-refractivity contribution in [3.8, 4) is 11.5 Å². The van der Waals surface area contributed by atoms with Gasteiger partial charge in [-0.3, -0.25) is 4.79 Å². The third-order valence-electron chi connectivity index (χ3n) is 3.42. The minimum atomic E-state index is -0.117. The van der Waals surface area contributed by atoms with Gasteiger partial charge in [0.05, 0.1) is 23.5 Å². The van der Waals surface area contributed by atoms with Crippen molar-refractivity contribution in [2.24, 2.45) is 5.10 Å². The predicted molar refractivity (Wildman–Crippen MR) is 107 cm³/mol. The van der Waals surface area contributed by atoms with Crippen molar-refractivity contribution in [1.29, 1.82) is 0 Å². The van der Waals surface area contributed by atoms with Crippen LogP contribution in [-0.2, 0) is 11.2 Å². The number of methoxy groups -OCH3 is 1. The van der Waals surface area contributed by atoms with Crippen molar-refractivity contribution in [1.82, 2.24) is 5.43 Å². The summed E-state index contributed by atoms with van der Waals surface area (Å²) in [6.07, 6.45) is 2.69. The summed E-state index contributed by atoms with van der Waals surface area (Å²) in [7, 11) is 1.61. The Kier molecular flexibility index (Phi) is 7.72. The molecule has 0 aliphatic heterocycles. The molecule has 25 heavy (non-hydrogen) atoms. The third-order valence-corrected chi connectivity index (χ3v) is 4.22. The minimum absolute atomic E-state index is 0.117. The molecule has 0 radical (unpaired) electrons. The van der Waals surface area contributed by atoms with E-state index in [0.717, 1.165) is 14.7 Å². The van der Waals surface area contributed by atoms with E-state index in [1.165, 1.54) is 0 Å². The number of benzene rings is 2. The molecule has 5 nitrogen and oxygen atoms in total. The van der Waals surface area contributed by atoms with E-state index >= 15 is 0 Å². The maximum Gasteiger partial charge on any atom is 0.240 e. The standard InChI is InChI=1S/C19H21IN2O3/c1-3-25-17-12-15(11-16(20)19(17)24-2)13-21-22-18(23)10-9-14-7-5-4-6-8-14/h4-8,11-13H,3,9-10H2,1-2H3,(H,22,23)/b21-13-. The Bertz CT molecular complexity index is 733. The number of ether oxygens (including phenoxy) is 2. The topological polar surface area (TPSA) is 59.9 Å². The van der Waals surface area contributed by atoms with Gasteiger partial charge in [-0.05, 0) is 59.2 Å². The van der Waals surface area contributed by atoms with Crippen LogP contribution in [-0.4, -0.2) is 25.8 Å². The molecule has 2 rings (SSSR count). The highest BCUT2D eigenvalue weighted by molar-refractivity contribution is 14.1. The zero-order chi connectivity index (χ0) is 18.1. The number of carbonyl (C=O) groups is 1. The second kappa shape index (κ2) is 10.0. The highest BCUT2D eigenvalue weighted by Gasteiger charge is 2.10. The first-order valence-electron chi connectivity index (χ1n) is 8.00. The van der Waals surface area contributed by atoms with Gasteiger partial charge < -0.3 is 9.47 Å². The Morgan fingerprint density at radius 1 is 1.28 bits per heavy atom. The monoisotopic (exact) mass is 452 g/mol. The van der Waals surface area contributed by atoms with Crippen LogP contribution in [0.2, 0.25) is 0 Å². The smallest absolute Gasteiger partial charge is 0.240 e. The number of aryl methyl sites for hydroxylation is 1. The van der Waals surface area contributed by atoms with Crippen LogP contribution in [0.15, 0.2) is 47.6 Å². The van der Waals surface area contributed by atoms with Gasteiger partial charge in [-0.25, -0.2) is 5.43 Å². The normalized spacial score (nSPS) is 10.7. The Morgan fingerprint density at radius 3 is 2.72 bits per heavy atom. The quantitative estimate of drug-likeness (QED) is 0.377. The summed E-state index contributed by atoms with van der Waals surface area (Å²) in [5, 5.41) is 4.03. The summed E-state index contributed by atoms with van der Waals surface area (Å²) in [4.78, 5) is 11.9. The Labute approximate surface area is 161 Å². The molecule has 1 N–H and O–H groups in total. The summed E-state index contributed by atoms with van der Waals surface area (Å²) in [6, 6.07) is 13.7. The van der Waals surface area contributed by atoms with Crippen LogP contribution < -0.4 is 14.9 Å². The first kappa shape index (κ1) is 19.2. The van der Waals surface area contributed by atoms with Crippen molar-refractivity contribution in [2.75, 3.05) is 13.7 Å². The lowest BCUT2D eigenvalue weighted by molar-refractivity contribution is -0.121. The number of nitrogens with zero attached hydrogens (tertiary/aromatic N) is 1. The Balaban J connectivity index is 1.93. The third kappa shape index (κ3) is 6.04.